The highest BCUT2D eigenvalue weighted by Gasteiger charge is 1.93. The summed E-state index contributed by atoms with van der Waals surface area (Å²) in [5, 5.41) is 0. The van der Waals surface area contributed by atoms with Crippen LogP contribution in [0.25, 0.3) is 0 Å². The van der Waals surface area contributed by atoms with Crippen LogP contribution >= 0.6 is 0 Å². The van der Waals surface area contributed by atoms with Gasteiger partial charge in [-0.1, -0.05) is 6.08 Å². The molecule has 0 aromatic heterocycles. The lowest BCUT2D eigenvalue weighted by molar-refractivity contribution is -0.145. The molecule has 4 nitrogen and oxygen atoms in total. The van der Waals surface area contributed by atoms with Crippen molar-refractivity contribution in [2.75, 3.05) is 20.3 Å². The van der Waals surface area contributed by atoms with Crippen LogP contribution in [0, 0.1) is 0 Å². The third-order valence-corrected chi connectivity index (χ3v) is 0.884. The Morgan fingerprint density at radius 2 is 2.36 bits per heavy atom. The fraction of sp³-hybridized carbons (Fsp3) is 0.571. The summed E-state index contributed by atoms with van der Waals surface area (Å²) in [4.78, 5) is 15.1. The first kappa shape index (κ1) is 10.1. The summed E-state index contributed by atoms with van der Waals surface area (Å²) in [6.45, 7) is 2.76. The molecule has 1 N–H and O–H groups in total. The zero-order valence-corrected chi connectivity index (χ0v) is 6.79. The predicted molar refractivity (Wildman–Crippen MR) is 40.8 cm³/mol. The van der Waals surface area contributed by atoms with E-state index in [-0.39, 0.29) is 0 Å². The first-order valence-corrected chi connectivity index (χ1v) is 3.36. The van der Waals surface area contributed by atoms with Gasteiger partial charge >= 0.3 is 5.97 Å². The van der Waals surface area contributed by atoms with Gasteiger partial charge in [-0.2, -0.15) is 5.48 Å². The van der Waals surface area contributed by atoms with E-state index in [0.717, 1.165) is 0 Å². The molecular weight excluding hydrogens is 146 g/mol. The fourth-order valence-corrected chi connectivity index (χ4v) is 0.436. The van der Waals surface area contributed by atoms with E-state index in [9.17, 15) is 4.79 Å². The maximum atomic E-state index is 10.6. The normalized spacial score (nSPS) is 10.4. The average molecular weight is 159 g/mol. The predicted octanol–water partition coefficient (Wildman–Crippen LogP) is 0.257. The van der Waals surface area contributed by atoms with E-state index in [2.05, 4.69) is 10.3 Å². The summed E-state index contributed by atoms with van der Waals surface area (Å²) in [6, 6.07) is 0. The van der Waals surface area contributed by atoms with Crippen molar-refractivity contribution in [2.45, 2.75) is 6.92 Å². The van der Waals surface area contributed by atoms with Crippen molar-refractivity contribution < 1.29 is 14.4 Å². The number of allylic oxidation sites excluding steroid dienone is 1. The number of hydrogen-bond acceptors (Lipinski definition) is 4. The molecule has 0 aliphatic carbocycles. The van der Waals surface area contributed by atoms with Gasteiger partial charge in [0.1, 0.15) is 0 Å². The van der Waals surface area contributed by atoms with Crippen LogP contribution in [0.3, 0.4) is 0 Å². The topological polar surface area (TPSA) is 47.6 Å². The van der Waals surface area contributed by atoms with E-state index < -0.39 is 5.97 Å². The van der Waals surface area contributed by atoms with Crippen molar-refractivity contribution in [1.82, 2.24) is 5.48 Å². The monoisotopic (exact) mass is 159 g/mol. The lowest BCUT2D eigenvalue weighted by Crippen LogP contribution is -2.22. The lowest BCUT2D eigenvalue weighted by atomic mass is 10.5. The third-order valence-electron chi connectivity index (χ3n) is 0.884. The standard InChI is InChI=1S/C7H13NO3/c1-3-4-7(9)11-8-5-6-10-2/h3-4,8H,5-6H2,1-2H3/b4-3+. The quantitative estimate of drug-likeness (QED) is 0.355. The Morgan fingerprint density at radius 3 is 2.91 bits per heavy atom. The lowest BCUT2D eigenvalue weighted by Gasteiger charge is -2.01. The molecular formula is C7H13NO3. The molecule has 0 bridgehead atoms. The van der Waals surface area contributed by atoms with Crippen LogP contribution in [0.4, 0.5) is 0 Å². The van der Waals surface area contributed by atoms with Gasteiger partial charge < -0.3 is 9.57 Å². The Hall–Kier alpha value is -0.870. The highest BCUT2D eigenvalue weighted by molar-refractivity contribution is 5.81. The minimum atomic E-state index is -0.399. The van der Waals surface area contributed by atoms with Gasteiger partial charge in [0.25, 0.3) is 0 Å². The maximum Gasteiger partial charge on any atom is 0.349 e. The number of methoxy groups -OCH3 is 1. The van der Waals surface area contributed by atoms with Crippen molar-refractivity contribution in [3.8, 4) is 0 Å². The summed E-state index contributed by atoms with van der Waals surface area (Å²) >= 11 is 0. The number of hydrogen-bond donors (Lipinski definition) is 1. The largest absolute Gasteiger partial charge is 0.383 e. The molecule has 0 aliphatic rings. The third kappa shape index (κ3) is 7.02. The summed E-state index contributed by atoms with van der Waals surface area (Å²) in [7, 11) is 1.58. The number of rotatable bonds is 5. The van der Waals surface area contributed by atoms with Crippen LogP contribution < -0.4 is 5.48 Å². The minimum Gasteiger partial charge on any atom is -0.383 e. The van der Waals surface area contributed by atoms with E-state index in [4.69, 9.17) is 4.74 Å². The summed E-state index contributed by atoms with van der Waals surface area (Å²) < 4.78 is 4.71. The zero-order chi connectivity index (χ0) is 8.53. The van der Waals surface area contributed by atoms with Gasteiger partial charge in [-0.3, -0.25) is 0 Å². The van der Waals surface area contributed by atoms with Crippen LogP contribution in [0.1, 0.15) is 6.92 Å². The maximum absolute atomic E-state index is 10.6. The highest BCUT2D eigenvalue weighted by Crippen LogP contribution is 1.76. The smallest absolute Gasteiger partial charge is 0.349 e. The van der Waals surface area contributed by atoms with Crippen molar-refractivity contribution >= 4 is 5.97 Å². The Labute approximate surface area is 66.1 Å². The molecule has 0 saturated heterocycles. The molecule has 0 atom stereocenters. The molecule has 0 aliphatic heterocycles. The number of hydroxylamine groups is 1. The second kappa shape index (κ2) is 7.24. The van der Waals surface area contributed by atoms with Crippen molar-refractivity contribution in [3.63, 3.8) is 0 Å². The van der Waals surface area contributed by atoms with E-state index >= 15 is 0 Å². The van der Waals surface area contributed by atoms with Crippen LogP contribution in [0.2, 0.25) is 0 Å². The van der Waals surface area contributed by atoms with Gasteiger partial charge in [0, 0.05) is 13.2 Å². The van der Waals surface area contributed by atoms with Crippen molar-refractivity contribution in [1.29, 1.82) is 0 Å². The highest BCUT2D eigenvalue weighted by atomic mass is 16.7. The van der Waals surface area contributed by atoms with Gasteiger partial charge in [0.05, 0.1) is 13.2 Å². The number of nitrogens with one attached hydrogen (secondary N) is 1. The van der Waals surface area contributed by atoms with Crippen LogP contribution in [-0.4, -0.2) is 26.2 Å². The van der Waals surface area contributed by atoms with Gasteiger partial charge in [-0.05, 0) is 6.92 Å². The SMILES string of the molecule is C/C=C/C(=O)ONCCOC. The van der Waals surface area contributed by atoms with E-state index in [1.54, 1.807) is 20.1 Å². The Kier molecular flexibility index (Phi) is 6.67. The molecule has 0 fully saturated rings. The van der Waals surface area contributed by atoms with Gasteiger partial charge in [-0.25, -0.2) is 4.79 Å². The van der Waals surface area contributed by atoms with E-state index in [1.807, 2.05) is 0 Å². The van der Waals surface area contributed by atoms with Crippen molar-refractivity contribution in [2.24, 2.45) is 0 Å². The molecule has 0 radical (unpaired) electrons. The average Bonchev–Trinajstić information content (AvgIpc) is 1.99. The minimum absolute atomic E-state index is 0.399. The Morgan fingerprint density at radius 1 is 1.64 bits per heavy atom. The Balaban J connectivity index is 3.17. The second-order valence-electron chi connectivity index (χ2n) is 1.81. The number of ether oxygens (including phenoxy) is 1. The van der Waals surface area contributed by atoms with Gasteiger partial charge in [0.15, 0.2) is 0 Å². The molecule has 0 saturated carbocycles. The molecule has 0 spiro atoms. The number of carbonyl (C=O) groups excluding carboxylic acids is 1. The summed E-state index contributed by atoms with van der Waals surface area (Å²) in [5.74, 6) is -0.399. The van der Waals surface area contributed by atoms with Gasteiger partial charge in [-0.15, -0.1) is 0 Å². The molecule has 0 amide bonds. The molecule has 11 heavy (non-hydrogen) atoms. The van der Waals surface area contributed by atoms with E-state index in [0.29, 0.717) is 13.2 Å². The molecule has 4 heteroatoms. The zero-order valence-electron chi connectivity index (χ0n) is 6.79. The molecule has 0 unspecified atom stereocenters. The fourth-order valence-electron chi connectivity index (χ4n) is 0.436. The van der Waals surface area contributed by atoms with Crippen LogP contribution in [0.15, 0.2) is 12.2 Å². The molecule has 0 rings (SSSR count). The molecule has 64 valence electrons. The second-order valence-corrected chi connectivity index (χ2v) is 1.81. The van der Waals surface area contributed by atoms with Gasteiger partial charge in [0.2, 0.25) is 0 Å². The van der Waals surface area contributed by atoms with Crippen molar-refractivity contribution in [3.05, 3.63) is 12.2 Å². The first-order valence-electron chi connectivity index (χ1n) is 3.36. The summed E-state index contributed by atoms with van der Waals surface area (Å²) in [5.41, 5.74) is 2.45. The summed E-state index contributed by atoms with van der Waals surface area (Å²) in [6.07, 6.45) is 2.94. The molecule has 0 aromatic carbocycles. The van der Waals surface area contributed by atoms with E-state index in [1.165, 1.54) is 6.08 Å². The van der Waals surface area contributed by atoms with Crippen LogP contribution in [0.5, 0.6) is 0 Å². The Bertz CT molecular complexity index is 134. The van der Waals surface area contributed by atoms with Crippen LogP contribution in [-0.2, 0) is 14.4 Å². The molecule has 0 heterocycles. The number of carbonyl (C=O) groups is 1. The first-order chi connectivity index (χ1) is 5.31. The molecule has 0 aromatic rings.